The number of rotatable bonds is 11. The minimum atomic E-state index is -0.831. The smallest absolute Gasteiger partial charge is 0.115 e. The van der Waals surface area contributed by atoms with Crippen LogP contribution in [0.15, 0.2) is 24.5 Å². The summed E-state index contributed by atoms with van der Waals surface area (Å²) in [5, 5.41) is 17.6. The molecule has 3 nitrogen and oxygen atoms in total. The third kappa shape index (κ3) is 16.7. The van der Waals surface area contributed by atoms with Gasteiger partial charge < -0.3 is 14.9 Å². The fraction of sp³-hybridized carbons (Fsp3) is 0.667. The van der Waals surface area contributed by atoms with E-state index < -0.39 is 6.10 Å². The molecule has 1 atom stereocenters. The maximum atomic E-state index is 9.01. The van der Waals surface area contributed by atoms with Crippen molar-refractivity contribution in [1.29, 1.82) is 0 Å². The predicted octanol–water partition coefficient (Wildman–Crippen LogP) is 3.43. The first kappa shape index (κ1) is 19.8. The molecule has 0 aliphatic heterocycles. The normalized spacial score (nSPS) is 12.8. The lowest BCUT2D eigenvalue weighted by molar-refractivity contribution is 0.0385. The van der Waals surface area contributed by atoms with E-state index >= 15 is 0 Å². The van der Waals surface area contributed by atoms with Gasteiger partial charge in [-0.15, -0.1) is 0 Å². The summed E-state index contributed by atoms with van der Waals surface area (Å²) in [4.78, 5) is 0. The maximum absolute atomic E-state index is 9.01. The van der Waals surface area contributed by atoms with Crippen molar-refractivity contribution in [3.05, 3.63) is 24.5 Å². The Bertz CT molecular complexity index is 334. The highest BCUT2D eigenvalue weighted by Crippen LogP contribution is 2.10. The Kier molecular flexibility index (Phi) is 14.3. The molecule has 0 aromatic rings. The van der Waals surface area contributed by atoms with Crippen LogP contribution in [-0.2, 0) is 4.74 Å². The van der Waals surface area contributed by atoms with Crippen molar-refractivity contribution in [3.63, 3.8) is 0 Å². The average Bonchev–Trinajstić information content (AvgIpc) is 2.46. The first-order chi connectivity index (χ1) is 10.2. The van der Waals surface area contributed by atoms with E-state index in [1.54, 1.807) is 6.08 Å². The molecule has 1 unspecified atom stereocenters. The van der Waals surface area contributed by atoms with Crippen LogP contribution in [0, 0.1) is 17.8 Å². The number of hydrogen-bond acceptors (Lipinski definition) is 3. The van der Waals surface area contributed by atoms with Crippen molar-refractivity contribution >= 4 is 0 Å². The molecule has 0 aliphatic rings. The molecule has 2 N–H and O–H groups in total. The minimum absolute atomic E-state index is 0.0847. The molecule has 21 heavy (non-hydrogen) atoms. The Hall–Kier alpha value is -1.24. The molecule has 0 fully saturated rings. The van der Waals surface area contributed by atoms with Gasteiger partial charge in [0.05, 0.1) is 12.9 Å². The van der Waals surface area contributed by atoms with Crippen LogP contribution in [0.25, 0.3) is 0 Å². The number of allylic oxidation sites excluding steroid dienone is 3. The Morgan fingerprint density at radius 3 is 2.48 bits per heavy atom. The number of aliphatic hydroxyl groups is 2. The zero-order chi connectivity index (χ0) is 15.8. The van der Waals surface area contributed by atoms with Crippen LogP contribution in [-0.4, -0.2) is 29.5 Å². The van der Waals surface area contributed by atoms with Crippen LogP contribution in [0.4, 0.5) is 0 Å². The maximum Gasteiger partial charge on any atom is 0.115 e. The van der Waals surface area contributed by atoms with Crippen molar-refractivity contribution < 1.29 is 14.9 Å². The number of aliphatic hydroxyl groups excluding tert-OH is 2. The second-order valence-corrected chi connectivity index (χ2v) is 5.55. The van der Waals surface area contributed by atoms with Crippen molar-refractivity contribution in [2.75, 3.05) is 13.2 Å². The Labute approximate surface area is 129 Å². The van der Waals surface area contributed by atoms with Gasteiger partial charge in [0.1, 0.15) is 12.7 Å². The third-order valence-corrected chi connectivity index (χ3v) is 2.93. The molecule has 120 valence electrons. The molecule has 0 saturated carbocycles. The van der Waals surface area contributed by atoms with Crippen LogP contribution in [0.2, 0.25) is 0 Å². The Balaban J connectivity index is 3.43. The monoisotopic (exact) mass is 294 g/mol. The highest BCUT2D eigenvalue weighted by Gasteiger charge is 1.98. The SMILES string of the molecule is CC(C)CCCCCCC=CC#CC=COCC(O)CO. The van der Waals surface area contributed by atoms with Gasteiger partial charge >= 0.3 is 0 Å². The largest absolute Gasteiger partial charge is 0.498 e. The molecule has 0 saturated heterocycles. The van der Waals surface area contributed by atoms with E-state index in [2.05, 4.69) is 31.8 Å². The van der Waals surface area contributed by atoms with Gasteiger partial charge in [-0.25, -0.2) is 0 Å². The Morgan fingerprint density at radius 2 is 1.76 bits per heavy atom. The third-order valence-electron chi connectivity index (χ3n) is 2.93. The van der Waals surface area contributed by atoms with Gasteiger partial charge in [0.15, 0.2) is 0 Å². The van der Waals surface area contributed by atoms with Gasteiger partial charge in [-0.3, -0.25) is 0 Å². The van der Waals surface area contributed by atoms with Crippen molar-refractivity contribution in [3.8, 4) is 11.8 Å². The van der Waals surface area contributed by atoms with E-state index in [1.807, 2.05) is 6.08 Å². The molecule has 0 radical (unpaired) electrons. The lowest BCUT2D eigenvalue weighted by atomic mass is 10.0. The lowest BCUT2D eigenvalue weighted by Crippen LogP contribution is -2.17. The summed E-state index contributed by atoms with van der Waals surface area (Å²) in [6, 6.07) is 0. The number of unbranched alkanes of at least 4 members (excludes halogenated alkanes) is 4. The van der Waals surface area contributed by atoms with Crippen LogP contribution in [0.5, 0.6) is 0 Å². The molecular weight excluding hydrogens is 264 g/mol. The second kappa shape index (κ2) is 15.2. The Morgan fingerprint density at radius 1 is 1.05 bits per heavy atom. The average molecular weight is 294 g/mol. The van der Waals surface area contributed by atoms with Gasteiger partial charge in [0.2, 0.25) is 0 Å². The number of ether oxygens (including phenoxy) is 1. The summed E-state index contributed by atoms with van der Waals surface area (Å²) in [5.41, 5.74) is 0. The van der Waals surface area contributed by atoms with Crippen LogP contribution in [0.1, 0.15) is 52.4 Å². The minimum Gasteiger partial charge on any atom is -0.498 e. The zero-order valence-electron chi connectivity index (χ0n) is 13.4. The van der Waals surface area contributed by atoms with E-state index in [9.17, 15) is 0 Å². The molecular formula is C18H30O3. The molecule has 0 aromatic carbocycles. The van der Waals surface area contributed by atoms with Gasteiger partial charge in [-0.05, 0) is 24.8 Å². The van der Waals surface area contributed by atoms with Crippen molar-refractivity contribution in [2.24, 2.45) is 5.92 Å². The quantitative estimate of drug-likeness (QED) is 0.349. The number of hydrogen-bond donors (Lipinski definition) is 2. The molecule has 0 aliphatic carbocycles. The summed E-state index contributed by atoms with van der Waals surface area (Å²) in [6.45, 7) is 4.34. The van der Waals surface area contributed by atoms with Gasteiger partial charge in [-0.1, -0.05) is 57.4 Å². The van der Waals surface area contributed by atoms with E-state index in [4.69, 9.17) is 14.9 Å². The van der Waals surface area contributed by atoms with Crippen molar-refractivity contribution in [1.82, 2.24) is 0 Å². The summed E-state index contributed by atoms with van der Waals surface area (Å²) >= 11 is 0. The molecule has 3 heteroatoms. The fourth-order valence-electron chi connectivity index (χ4n) is 1.71. The van der Waals surface area contributed by atoms with E-state index in [1.165, 1.54) is 38.4 Å². The summed E-state index contributed by atoms with van der Waals surface area (Å²) in [7, 11) is 0. The molecule has 0 amide bonds. The van der Waals surface area contributed by atoms with Gasteiger partial charge in [0.25, 0.3) is 0 Å². The molecule has 0 spiro atoms. The van der Waals surface area contributed by atoms with E-state index in [0.717, 1.165) is 12.3 Å². The first-order valence-corrected chi connectivity index (χ1v) is 7.88. The first-order valence-electron chi connectivity index (χ1n) is 7.88. The summed E-state index contributed by atoms with van der Waals surface area (Å²) in [5.74, 6) is 6.53. The van der Waals surface area contributed by atoms with Crippen LogP contribution in [0.3, 0.4) is 0 Å². The summed E-state index contributed by atoms with van der Waals surface area (Å²) in [6.07, 6.45) is 13.8. The second-order valence-electron chi connectivity index (χ2n) is 5.55. The highest BCUT2D eigenvalue weighted by molar-refractivity contribution is 5.22. The van der Waals surface area contributed by atoms with Crippen LogP contribution >= 0.6 is 0 Å². The van der Waals surface area contributed by atoms with Gasteiger partial charge in [-0.2, -0.15) is 0 Å². The standard InChI is InChI=1S/C18H30O3/c1-17(2)13-11-9-7-5-3-4-6-8-10-12-14-21-16-18(20)15-19/h4,6,12,14,17-20H,3,5,7,9,11,13,15-16H2,1-2H3. The van der Waals surface area contributed by atoms with E-state index in [0.29, 0.717) is 0 Å². The van der Waals surface area contributed by atoms with Gasteiger partial charge in [0, 0.05) is 6.08 Å². The molecule has 0 aromatic heterocycles. The molecule has 0 bridgehead atoms. The molecule has 0 rings (SSSR count). The van der Waals surface area contributed by atoms with Crippen molar-refractivity contribution in [2.45, 2.75) is 58.5 Å². The van der Waals surface area contributed by atoms with E-state index in [-0.39, 0.29) is 13.2 Å². The fourth-order valence-corrected chi connectivity index (χ4v) is 1.71. The lowest BCUT2D eigenvalue weighted by Gasteiger charge is -2.04. The molecule has 0 heterocycles. The summed E-state index contributed by atoms with van der Waals surface area (Å²) < 4.78 is 4.97. The highest BCUT2D eigenvalue weighted by atomic mass is 16.5. The van der Waals surface area contributed by atoms with Crippen LogP contribution < -0.4 is 0 Å². The predicted molar refractivity (Wildman–Crippen MR) is 87.6 cm³/mol. The zero-order valence-corrected chi connectivity index (χ0v) is 13.4. The topological polar surface area (TPSA) is 49.7 Å².